The van der Waals surface area contributed by atoms with Crippen LogP contribution in [0.2, 0.25) is 0 Å². The number of rotatable bonds is 1. The lowest BCUT2D eigenvalue weighted by molar-refractivity contribution is -0.141. The molecule has 1 atom stereocenters. The maximum Gasteiger partial charge on any atom is 0.412 e. The number of nitrogens with zero attached hydrogens (tertiary/aromatic N) is 2. The molecule has 2 heterocycles. The van der Waals surface area contributed by atoms with Crippen molar-refractivity contribution in [3.8, 4) is 0 Å². The van der Waals surface area contributed by atoms with E-state index in [4.69, 9.17) is 5.11 Å². The Morgan fingerprint density at radius 2 is 2.05 bits per heavy atom. The van der Waals surface area contributed by atoms with Crippen LogP contribution in [0.3, 0.4) is 0 Å². The van der Waals surface area contributed by atoms with Crippen LogP contribution in [0.4, 0.5) is 18.0 Å². The summed E-state index contributed by atoms with van der Waals surface area (Å²) in [6.45, 7) is 0.122. The van der Waals surface area contributed by atoms with Gasteiger partial charge >= 0.3 is 18.2 Å². The first-order valence-electron chi connectivity index (χ1n) is 6.43. The summed E-state index contributed by atoms with van der Waals surface area (Å²) in [7, 11) is 0. The van der Waals surface area contributed by atoms with Crippen LogP contribution in [0.5, 0.6) is 0 Å². The van der Waals surface area contributed by atoms with Gasteiger partial charge in [-0.15, -0.1) is 0 Å². The highest BCUT2D eigenvalue weighted by molar-refractivity contribution is 7.99. The molecule has 2 amide bonds. The van der Waals surface area contributed by atoms with E-state index in [9.17, 15) is 22.8 Å². The molecule has 0 radical (unpaired) electrons. The normalized spacial score (nSPS) is 23.8. The number of aliphatic carboxylic acids is 1. The highest BCUT2D eigenvalue weighted by Crippen LogP contribution is 2.30. The highest BCUT2D eigenvalue weighted by atomic mass is 32.2. The van der Waals surface area contributed by atoms with Crippen molar-refractivity contribution in [1.29, 1.82) is 0 Å². The molecule has 0 aliphatic carbocycles. The molecule has 0 aromatic rings. The molecule has 2 aliphatic heterocycles. The Morgan fingerprint density at radius 3 is 2.57 bits per heavy atom. The van der Waals surface area contributed by atoms with Gasteiger partial charge in [0.15, 0.2) is 0 Å². The number of alkyl halides is 3. The smallest absolute Gasteiger partial charge is 0.412 e. The number of carbonyl (C=O) groups excluding carboxylic acids is 1. The van der Waals surface area contributed by atoms with Crippen molar-refractivity contribution in [1.82, 2.24) is 9.80 Å². The fraction of sp³-hybridized carbons (Fsp3) is 0.667. The minimum atomic E-state index is -4.36. The fourth-order valence-corrected chi connectivity index (χ4v) is 3.36. The largest absolute Gasteiger partial charge is 0.480 e. The molecule has 1 fully saturated rings. The van der Waals surface area contributed by atoms with E-state index < -0.39 is 29.8 Å². The number of carboxylic acids is 1. The van der Waals surface area contributed by atoms with Crippen molar-refractivity contribution >= 4 is 23.8 Å². The Morgan fingerprint density at radius 1 is 1.33 bits per heavy atom. The molecule has 1 unspecified atom stereocenters. The Labute approximate surface area is 123 Å². The molecular weight excluding hydrogens is 309 g/mol. The molecule has 0 spiro atoms. The van der Waals surface area contributed by atoms with Crippen molar-refractivity contribution in [2.45, 2.75) is 18.6 Å². The van der Waals surface area contributed by atoms with E-state index in [1.807, 2.05) is 0 Å². The second-order valence-electron chi connectivity index (χ2n) is 4.83. The lowest BCUT2D eigenvalue weighted by Gasteiger charge is -2.37. The average molecular weight is 324 g/mol. The molecule has 0 bridgehead atoms. The standard InChI is InChI=1S/C12H15F3N2O3S/c13-12(14,15)8-1-3-16(4-2-8)11(20)17-5-6-21-7-9(17)10(18)19/h1,9H,2-7H2,(H,18,19). The van der Waals surface area contributed by atoms with Crippen LogP contribution in [0.25, 0.3) is 0 Å². The number of halogens is 3. The van der Waals surface area contributed by atoms with Crippen LogP contribution in [0.15, 0.2) is 11.6 Å². The van der Waals surface area contributed by atoms with Gasteiger partial charge in [-0.1, -0.05) is 6.08 Å². The van der Waals surface area contributed by atoms with E-state index in [0.29, 0.717) is 18.1 Å². The minimum Gasteiger partial charge on any atom is -0.480 e. The van der Waals surface area contributed by atoms with Gasteiger partial charge in [-0.05, 0) is 6.42 Å². The predicted octanol–water partition coefficient (Wildman–Crippen LogP) is 1.80. The van der Waals surface area contributed by atoms with Crippen LogP contribution in [-0.4, -0.2) is 70.3 Å². The molecule has 9 heteroatoms. The zero-order chi connectivity index (χ0) is 15.6. The Kier molecular flexibility index (Phi) is 4.70. The average Bonchev–Trinajstić information content (AvgIpc) is 2.45. The van der Waals surface area contributed by atoms with Gasteiger partial charge in [0.25, 0.3) is 0 Å². The molecular formula is C12H15F3N2O3S. The summed E-state index contributed by atoms with van der Waals surface area (Å²) in [4.78, 5) is 25.9. The number of carbonyl (C=O) groups is 2. The zero-order valence-corrected chi connectivity index (χ0v) is 11.9. The van der Waals surface area contributed by atoms with Crippen molar-refractivity contribution in [2.24, 2.45) is 0 Å². The molecule has 0 aromatic heterocycles. The zero-order valence-electron chi connectivity index (χ0n) is 11.1. The molecule has 2 aliphatic rings. The molecule has 0 saturated carbocycles. The van der Waals surface area contributed by atoms with Crippen LogP contribution >= 0.6 is 11.8 Å². The fourth-order valence-electron chi connectivity index (χ4n) is 2.32. The van der Waals surface area contributed by atoms with E-state index in [1.54, 1.807) is 0 Å². The topological polar surface area (TPSA) is 60.9 Å². The summed E-state index contributed by atoms with van der Waals surface area (Å²) in [6.07, 6.45) is -3.62. The number of thioether (sulfide) groups is 1. The number of hydrogen-bond acceptors (Lipinski definition) is 3. The van der Waals surface area contributed by atoms with Gasteiger partial charge in [0.1, 0.15) is 6.04 Å². The predicted molar refractivity (Wildman–Crippen MR) is 71.2 cm³/mol. The first-order valence-corrected chi connectivity index (χ1v) is 7.58. The number of amides is 2. The third kappa shape index (κ3) is 3.63. The van der Waals surface area contributed by atoms with Crippen molar-refractivity contribution in [3.05, 3.63) is 11.6 Å². The SMILES string of the molecule is O=C(O)C1CSCCN1C(=O)N1CC=C(C(F)(F)F)CC1. The van der Waals surface area contributed by atoms with E-state index in [2.05, 4.69) is 0 Å². The summed E-state index contributed by atoms with van der Waals surface area (Å²) in [5.41, 5.74) is -0.629. The van der Waals surface area contributed by atoms with Crippen LogP contribution < -0.4 is 0 Å². The maximum absolute atomic E-state index is 12.5. The molecule has 0 aromatic carbocycles. The quantitative estimate of drug-likeness (QED) is 0.747. The van der Waals surface area contributed by atoms with Gasteiger partial charge in [-0.25, -0.2) is 9.59 Å². The minimum absolute atomic E-state index is 0.0415. The molecule has 5 nitrogen and oxygen atoms in total. The van der Waals surface area contributed by atoms with Gasteiger partial charge in [0.2, 0.25) is 0 Å². The summed E-state index contributed by atoms with van der Waals surface area (Å²) in [5, 5.41) is 9.12. The number of hydrogen-bond donors (Lipinski definition) is 1. The second kappa shape index (κ2) is 6.17. The van der Waals surface area contributed by atoms with Crippen molar-refractivity contribution < 1.29 is 27.9 Å². The van der Waals surface area contributed by atoms with Gasteiger partial charge in [0, 0.05) is 36.7 Å². The van der Waals surface area contributed by atoms with E-state index in [-0.39, 0.29) is 19.5 Å². The van der Waals surface area contributed by atoms with Gasteiger partial charge in [0.05, 0.1) is 0 Å². The monoisotopic (exact) mass is 324 g/mol. The summed E-state index contributed by atoms with van der Waals surface area (Å²) in [6, 6.07) is -1.41. The first-order chi connectivity index (χ1) is 9.80. The van der Waals surface area contributed by atoms with Crippen LogP contribution in [0, 0.1) is 0 Å². The highest BCUT2D eigenvalue weighted by Gasteiger charge is 2.38. The van der Waals surface area contributed by atoms with Gasteiger partial charge < -0.3 is 14.9 Å². The summed E-state index contributed by atoms with van der Waals surface area (Å²) in [5.74, 6) is -0.148. The Bertz CT molecular complexity index is 467. The third-order valence-corrected chi connectivity index (χ3v) is 4.53. The second-order valence-corrected chi connectivity index (χ2v) is 5.98. The van der Waals surface area contributed by atoms with Crippen LogP contribution in [0.1, 0.15) is 6.42 Å². The number of carboxylic acid groups (broad SMARTS) is 1. The van der Waals surface area contributed by atoms with E-state index in [0.717, 1.165) is 6.08 Å². The molecule has 1 saturated heterocycles. The lowest BCUT2D eigenvalue weighted by Crippen LogP contribution is -2.55. The van der Waals surface area contributed by atoms with Crippen molar-refractivity contribution in [2.75, 3.05) is 31.1 Å². The Balaban J connectivity index is 2.04. The van der Waals surface area contributed by atoms with Gasteiger partial charge in [-0.2, -0.15) is 24.9 Å². The third-order valence-electron chi connectivity index (χ3n) is 3.50. The van der Waals surface area contributed by atoms with Gasteiger partial charge in [-0.3, -0.25) is 0 Å². The molecule has 2 rings (SSSR count). The van der Waals surface area contributed by atoms with Crippen molar-refractivity contribution in [3.63, 3.8) is 0 Å². The summed E-state index contributed by atoms with van der Waals surface area (Å²) >= 11 is 1.45. The molecule has 1 N–H and O–H groups in total. The Hall–Kier alpha value is -1.38. The number of urea groups is 1. The summed E-state index contributed by atoms with van der Waals surface area (Å²) < 4.78 is 37.6. The molecule has 21 heavy (non-hydrogen) atoms. The van der Waals surface area contributed by atoms with Crippen LogP contribution in [-0.2, 0) is 4.79 Å². The van der Waals surface area contributed by atoms with E-state index in [1.165, 1.54) is 21.6 Å². The molecule has 118 valence electrons. The first kappa shape index (κ1) is 16.0. The lowest BCUT2D eigenvalue weighted by atomic mass is 10.1. The van der Waals surface area contributed by atoms with E-state index >= 15 is 0 Å². The maximum atomic E-state index is 12.5.